The lowest BCUT2D eigenvalue weighted by Crippen LogP contribution is -2.38. The van der Waals surface area contributed by atoms with Gasteiger partial charge in [0, 0.05) is 25.3 Å². The molecule has 1 heterocycles. The summed E-state index contributed by atoms with van der Waals surface area (Å²) in [5, 5.41) is 12.0. The van der Waals surface area contributed by atoms with Gasteiger partial charge in [0.15, 0.2) is 0 Å². The van der Waals surface area contributed by atoms with Gasteiger partial charge in [-0.3, -0.25) is 9.59 Å². The molecule has 1 unspecified atom stereocenters. The maximum absolute atomic E-state index is 11.9. The van der Waals surface area contributed by atoms with Crippen LogP contribution in [0.25, 0.3) is 0 Å². The highest BCUT2D eigenvalue weighted by Crippen LogP contribution is 2.23. The molecule has 5 nitrogen and oxygen atoms in total. The van der Waals surface area contributed by atoms with Crippen LogP contribution in [0, 0.1) is 11.8 Å². The number of amides is 1. The minimum absolute atomic E-state index is 0.0670. The van der Waals surface area contributed by atoms with Crippen molar-refractivity contribution in [1.82, 2.24) is 5.32 Å². The van der Waals surface area contributed by atoms with Gasteiger partial charge in [-0.1, -0.05) is 18.2 Å². The molecule has 1 fully saturated rings. The quantitative estimate of drug-likeness (QED) is 0.856. The van der Waals surface area contributed by atoms with Gasteiger partial charge in [0.1, 0.15) is 0 Å². The standard InChI is InChI=1S/C15H19NO4/c17-14(12-4-2-1-3-5-12)16-10-13(15(18)19)11-6-8-20-9-7-11/h1-5,11,13H,6-10H2,(H,16,17)(H,18,19). The third-order valence-corrected chi connectivity index (χ3v) is 3.67. The maximum atomic E-state index is 11.9. The lowest BCUT2D eigenvalue weighted by molar-refractivity contribution is -0.144. The van der Waals surface area contributed by atoms with Crippen molar-refractivity contribution >= 4 is 11.9 Å². The Morgan fingerprint density at radius 3 is 2.50 bits per heavy atom. The van der Waals surface area contributed by atoms with Crippen LogP contribution in [-0.2, 0) is 9.53 Å². The van der Waals surface area contributed by atoms with Crippen LogP contribution in [-0.4, -0.2) is 36.7 Å². The Morgan fingerprint density at radius 1 is 1.25 bits per heavy atom. The molecule has 5 heteroatoms. The molecule has 108 valence electrons. The molecule has 1 aromatic carbocycles. The van der Waals surface area contributed by atoms with Crippen molar-refractivity contribution in [1.29, 1.82) is 0 Å². The first-order chi connectivity index (χ1) is 9.68. The first-order valence-corrected chi connectivity index (χ1v) is 6.82. The molecule has 20 heavy (non-hydrogen) atoms. The van der Waals surface area contributed by atoms with E-state index in [2.05, 4.69) is 5.32 Å². The number of carboxylic acids is 1. The zero-order valence-electron chi connectivity index (χ0n) is 11.2. The van der Waals surface area contributed by atoms with Crippen LogP contribution in [0.15, 0.2) is 30.3 Å². The van der Waals surface area contributed by atoms with Gasteiger partial charge < -0.3 is 15.2 Å². The average molecular weight is 277 g/mol. The van der Waals surface area contributed by atoms with E-state index in [1.807, 2.05) is 6.07 Å². The molecule has 2 rings (SSSR count). The van der Waals surface area contributed by atoms with Crippen molar-refractivity contribution in [2.75, 3.05) is 19.8 Å². The number of hydrogen-bond acceptors (Lipinski definition) is 3. The number of nitrogens with one attached hydrogen (secondary N) is 1. The lowest BCUT2D eigenvalue weighted by atomic mass is 9.86. The molecule has 1 amide bonds. The fourth-order valence-electron chi connectivity index (χ4n) is 2.47. The second kappa shape index (κ2) is 7.05. The van der Waals surface area contributed by atoms with E-state index in [-0.39, 0.29) is 18.4 Å². The minimum Gasteiger partial charge on any atom is -0.481 e. The van der Waals surface area contributed by atoms with Gasteiger partial charge >= 0.3 is 5.97 Å². The Kier molecular flexibility index (Phi) is 5.12. The Morgan fingerprint density at radius 2 is 1.90 bits per heavy atom. The van der Waals surface area contributed by atoms with Crippen molar-refractivity contribution in [2.24, 2.45) is 11.8 Å². The van der Waals surface area contributed by atoms with Gasteiger partial charge in [-0.05, 0) is 30.9 Å². The summed E-state index contributed by atoms with van der Waals surface area (Å²) in [6, 6.07) is 8.81. The molecule has 0 aliphatic carbocycles. The summed E-state index contributed by atoms with van der Waals surface area (Å²) in [7, 11) is 0. The van der Waals surface area contributed by atoms with Crippen LogP contribution in [0.3, 0.4) is 0 Å². The topological polar surface area (TPSA) is 75.6 Å². The normalized spacial score (nSPS) is 17.4. The van der Waals surface area contributed by atoms with E-state index in [4.69, 9.17) is 4.74 Å². The van der Waals surface area contributed by atoms with Crippen molar-refractivity contribution < 1.29 is 19.4 Å². The first kappa shape index (κ1) is 14.5. The minimum atomic E-state index is -0.856. The van der Waals surface area contributed by atoms with Crippen molar-refractivity contribution in [3.63, 3.8) is 0 Å². The number of carbonyl (C=O) groups excluding carboxylic acids is 1. The molecule has 0 aromatic heterocycles. The van der Waals surface area contributed by atoms with Crippen LogP contribution in [0.1, 0.15) is 23.2 Å². The Labute approximate surface area is 117 Å². The van der Waals surface area contributed by atoms with Crippen molar-refractivity contribution in [2.45, 2.75) is 12.8 Å². The Hall–Kier alpha value is -1.88. The summed E-state index contributed by atoms with van der Waals surface area (Å²) in [6.07, 6.45) is 1.47. The van der Waals surface area contributed by atoms with E-state index in [1.165, 1.54) is 0 Å². The number of carboxylic acid groups (broad SMARTS) is 1. The van der Waals surface area contributed by atoms with Crippen LogP contribution in [0.5, 0.6) is 0 Å². The Balaban J connectivity index is 1.92. The molecule has 0 radical (unpaired) electrons. The summed E-state index contributed by atoms with van der Waals surface area (Å²) in [6.45, 7) is 1.36. The maximum Gasteiger partial charge on any atom is 0.308 e. The number of hydrogen-bond donors (Lipinski definition) is 2. The fourth-order valence-corrected chi connectivity index (χ4v) is 2.47. The predicted octanol–water partition coefficient (Wildman–Crippen LogP) is 1.54. The van der Waals surface area contributed by atoms with Crippen LogP contribution in [0.4, 0.5) is 0 Å². The first-order valence-electron chi connectivity index (χ1n) is 6.82. The van der Waals surface area contributed by atoms with Gasteiger partial charge in [0.25, 0.3) is 5.91 Å². The number of aliphatic carboxylic acids is 1. The molecular weight excluding hydrogens is 258 g/mol. The van der Waals surface area contributed by atoms with E-state index in [0.717, 1.165) is 12.8 Å². The molecule has 1 atom stereocenters. The Bertz CT molecular complexity index is 454. The van der Waals surface area contributed by atoms with E-state index >= 15 is 0 Å². The van der Waals surface area contributed by atoms with Gasteiger partial charge in [-0.15, -0.1) is 0 Å². The highest BCUT2D eigenvalue weighted by atomic mass is 16.5. The fraction of sp³-hybridized carbons (Fsp3) is 0.467. The SMILES string of the molecule is O=C(NCC(C(=O)O)C1CCOCC1)c1ccccc1. The summed E-state index contributed by atoms with van der Waals surface area (Å²) >= 11 is 0. The average Bonchev–Trinajstić information content (AvgIpc) is 2.49. The van der Waals surface area contributed by atoms with E-state index in [9.17, 15) is 14.7 Å². The van der Waals surface area contributed by atoms with Gasteiger partial charge in [0.05, 0.1) is 5.92 Å². The van der Waals surface area contributed by atoms with E-state index in [1.54, 1.807) is 24.3 Å². The zero-order valence-corrected chi connectivity index (χ0v) is 11.2. The molecule has 1 aromatic rings. The second-order valence-corrected chi connectivity index (χ2v) is 4.97. The number of rotatable bonds is 5. The number of ether oxygens (including phenoxy) is 1. The smallest absolute Gasteiger partial charge is 0.308 e. The summed E-state index contributed by atoms with van der Waals surface area (Å²) in [4.78, 5) is 23.3. The van der Waals surface area contributed by atoms with E-state index < -0.39 is 11.9 Å². The second-order valence-electron chi connectivity index (χ2n) is 4.97. The molecule has 1 aliphatic heterocycles. The zero-order chi connectivity index (χ0) is 14.4. The molecule has 0 saturated carbocycles. The summed E-state index contributed by atoms with van der Waals surface area (Å²) < 4.78 is 5.24. The van der Waals surface area contributed by atoms with Crippen molar-refractivity contribution in [3.8, 4) is 0 Å². The number of benzene rings is 1. The van der Waals surface area contributed by atoms with Gasteiger partial charge in [-0.25, -0.2) is 0 Å². The van der Waals surface area contributed by atoms with E-state index in [0.29, 0.717) is 18.8 Å². The largest absolute Gasteiger partial charge is 0.481 e. The highest BCUT2D eigenvalue weighted by Gasteiger charge is 2.30. The third-order valence-electron chi connectivity index (χ3n) is 3.67. The lowest BCUT2D eigenvalue weighted by Gasteiger charge is -2.27. The molecule has 1 saturated heterocycles. The highest BCUT2D eigenvalue weighted by molar-refractivity contribution is 5.94. The van der Waals surface area contributed by atoms with Crippen LogP contribution < -0.4 is 5.32 Å². The molecule has 2 N–H and O–H groups in total. The molecule has 0 spiro atoms. The van der Waals surface area contributed by atoms with Gasteiger partial charge in [-0.2, -0.15) is 0 Å². The summed E-state index contributed by atoms with van der Waals surface area (Å²) in [5.41, 5.74) is 0.545. The summed E-state index contributed by atoms with van der Waals surface area (Å²) in [5.74, 6) is -1.57. The monoisotopic (exact) mass is 277 g/mol. The van der Waals surface area contributed by atoms with Gasteiger partial charge in [0.2, 0.25) is 0 Å². The number of carbonyl (C=O) groups is 2. The third kappa shape index (κ3) is 3.81. The van der Waals surface area contributed by atoms with Crippen LogP contribution >= 0.6 is 0 Å². The van der Waals surface area contributed by atoms with Crippen molar-refractivity contribution in [3.05, 3.63) is 35.9 Å². The molecular formula is C15H19NO4. The molecule has 1 aliphatic rings. The molecule has 0 bridgehead atoms. The van der Waals surface area contributed by atoms with Crippen LogP contribution in [0.2, 0.25) is 0 Å². The predicted molar refractivity (Wildman–Crippen MR) is 73.4 cm³/mol.